The number of nitrogens with zero attached hydrogens (tertiary/aromatic N) is 6. The van der Waals surface area contributed by atoms with Gasteiger partial charge in [-0.3, -0.25) is 4.79 Å². The highest BCUT2D eigenvalue weighted by Crippen LogP contribution is 2.41. The summed E-state index contributed by atoms with van der Waals surface area (Å²) in [5, 5.41) is 8.52. The third kappa shape index (κ3) is 4.30. The van der Waals surface area contributed by atoms with Crippen LogP contribution < -0.4 is 0 Å². The summed E-state index contributed by atoms with van der Waals surface area (Å²) in [4.78, 5) is 21.7. The summed E-state index contributed by atoms with van der Waals surface area (Å²) in [6, 6.07) is 15.8. The Morgan fingerprint density at radius 2 is 1.21 bits per heavy atom. The van der Waals surface area contributed by atoms with E-state index in [1.807, 2.05) is 60.7 Å². The number of carbonyl (C=O) groups excluding carboxylic acids is 1. The van der Waals surface area contributed by atoms with Crippen LogP contribution in [0.3, 0.4) is 0 Å². The molecule has 1 saturated carbocycles. The fourth-order valence-electron chi connectivity index (χ4n) is 4.37. The summed E-state index contributed by atoms with van der Waals surface area (Å²) >= 11 is 0. The first-order chi connectivity index (χ1) is 16.0. The molecule has 0 atom stereocenters. The van der Waals surface area contributed by atoms with Crippen LogP contribution in [0.4, 0.5) is 0 Å². The van der Waals surface area contributed by atoms with E-state index in [-0.39, 0.29) is 11.2 Å². The smallest absolute Gasteiger partial charge is 0.185 e. The lowest BCUT2D eigenvalue weighted by atomic mass is 9.71. The molecule has 0 saturated heterocycles. The largest absolute Gasteiger partial charge is 0.289 e. The van der Waals surface area contributed by atoms with Gasteiger partial charge in [-0.2, -0.15) is 10.2 Å². The molecule has 7 nitrogen and oxygen atoms in total. The average molecular weight is 437 g/mol. The van der Waals surface area contributed by atoms with Gasteiger partial charge in [0.15, 0.2) is 5.78 Å². The van der Waals surface area contributed by atoms with Crippen molar-refractivity contribution in [1.82, 2.24) is 29.5 Å². The van der Waals surface area contributed by atoms with E-state index in [9.17, 15) is 4.79 Å². The Balaban J connectivity index is 1.57. The number of para-hydroxylation sites is 2. The van der Waals surface area contributed by atoms with Crippen LogP contribution >= 0.6 is 0 Å². The number of hydrogen-bond acceptors (Lipinski definition) is 5. The molecule has 1 aliphatic rings. The molecule has 0 N–H and O–H groups in total. The zero-order valence-corrected chi connectivity index (χ0v) is 18.6. The van der Waals surface area contributed by atoms with Crippen LogP contribution in [-0.2, 0) is 4.79 Å². The third-order valence-electron chi connectivity index (χ3n) is 5.79. The zero-order valence-electron chi connectivity index (χ0n) is 18.6. The summed E-state index contributed by atoms with van der Waals surface area (Å²) in [7, 11) is 0. The minimum atomic E-state index is -0.0457. The highest BCUT2D eigenvalue weighted by Gasteiger charge is 2.33. The van der Waals surface area contributed by atoms with Crippen LogP contribution in [0.2, 0.25) is 0 Å². The molecule has 164 valence electrons. The Morgan fingerprint density at radius 1 is 0.758 bits per heavy atom. The second kappa shape index (κ2) is 8.43. The molecule has 2 aromatic heterocycles. The van der Waals surface area contributed by atoms with Crippen LogP contribution in [-0.4, -0.2) is 35.3 Å². The van der Waals surface area contributed by atoms with E-state index >= 15 is 0 Å². The van der Waals surface area contributed by atoms with Crippen molar-refractivity contribution in [2.45, 2.75) is 26.7 Å². The van der Waals surface area contributed by atoms with Gasteiger partial charge in [0.05, 0.1) is 11.4 Å². The first-order valence-electron chi connectivity index (χ1n) is 10.8. The Morgan fingerprint density at radius 3 is 1.64 bits per heavy atom. The molecule has 2 aromatic carbocycles. The van der Waals surface area contributed by atoms with Crippen LogP contribution in [0.25, 0.3) is 23.5 Å². The Labute approximate surface area is 192 Å². The summed E-state index contributed by atoms with van der Waals surface area (Å²) in [5.41, 5.74) is 5.20. The molecule has 0 unspecified atom stereocenters. The molecule has 0 bridgehead atoms. The van der Waals surface area contributed by atoms with E-state index in [1.54, 1.807) is 22.0 Å². The van der Waals surface area contributed by atoms with Crippen molar-refractivity contribution in [1.29, 1.82) is 0 Å². The van der Waals surface area contributed by atoms with Crippen molar-refractivity contribution in [2.24, 2.45) is 5.41 Å². The minimum absolute atomic E-state index is 0.0457. The number of benzene rings is 2. The van der Waals surface area contributed by atoms with Crippen LogP contribution in [0.5, 0.6) is 0 Å². The van der Waals surface area contributed by atoms with Gasteiger partial charge in [0.25, 0.3) is 0 Å². The number of rotatable bonds is 4. The summed E-state index contributed by atoms with van der Waals surface area (Å²) < 4.78 is 3.44. The summed E-state index contributed by atoms with van der Waals surface area (Å²) in [6.45, 7) is 4.40. The van der Waals surface area contributed by atoms with Crippen molar-refractivity contribution in [3.63, 3.8) is 0 Å². The Bertz CT molecular complexity index is 1250. The summed E-state index contributed by atoms with van der Waals surface area (Å²) in [6.07, 6.45) is 11.7. The van der Waals surface area contributed by atoms with Gasteiger partial charge in [0.2, 0.25) is 0 Å². The number of ketones is 1. The molecule has 7 heteroatoms. The van der Waals surface area contributed by atoms with Crippen LogP contribution in [0.15, 0.2) is 85.0 Å². The number of carbonyl (C=O) groups is 1. The van der Waals surface area contributed by atoms with Crippen molar-refractivity contribution < 1.29 is 4.79 Å². The van der Waals surface area contributed by atoms with Gasteiger partial charge in [-0.1, -0.05) is 50.2 Å². The SMILES string of the molecule is CC1(C)C/C(=C/c2ccccc2-n2cncn2)C(=O)/C(=C/c2ccccc2-n2cncn2)C1. The lowest BCUT2D eigenvalue weighted by Gasteiger charge is -2.32. The second-order valence-electron chi connectivity index (χ2n) is 8.98. The van der Waals surface area contributed by atoms with Gasteiger partial charge in [0.1, 0.15) is 25.3 Å². The quantitative estimate of drug-likeness (QED) is 0.433. The monoisotopic (exact) mass is 436 g/mol. The van der Waals surface area contributed by atoms with Crippen LogP contribution in [0, 0.1) is 5.41 Å². The molecule has 4 aromatic rings. The van der Waals surface area contributed by atoms with E-state index < -0.39 is 0 Å². The molecule has 5 rings (SSSR count). The van der Waals surface area contributed by atoms with E-state index in [1.165, 1.54) is 12.7 Å². The van der Waals surface area contributed by atoms with E-state index in [0.717, 1.165) is 33.6 Å². The predicted octanol–water partition coefficient (Wildman–Crippen LogP) is 4.70. The van der Waals surface area contributed by atoms with Gasteiger partial charge in [-0.05, 0) is 42.5 Å². The van der Waals surface area contributed by atoms with Crippen molar-refractivity contribution >= 4 is 17.9 Å². The fraction of sp³-hybridized carbons (Fsp3) is 0.192. The highest BCUT2D eigenvalue weighted by atomic mass is 16.1. The molecule has 0 aliphatic heterocycles. The lowest BCUT2D eigenvalue weighted by molar-refractivity contribution is -0.113. The third-order valence-corrected chi connectivity index (χ3v) is 5.79. The molecule has 2 heterocycles. The van der Waals surface area contributed by atoms with Gasteiger partial charge in [-0.15, -0.1) is 0 Å². The van der Waals surface area contributed by atoms with E-state index in [4.69, 9.17) is 0 Å². The van der Waals surface area contributed by atoms with Gasteiger partial charge < -0.3 is 0 Å². The molecule has 0 amide bonds. The number of hydrogen-bond donors (Lipinski definition) is 0. The first-order valence-corrected chi connectivity index (χ1v) is 10.8. The Hall–Kier alpha value is -4.13. The maximum absolute atomic E-state index is 13.6. The second-order valence-corrected chi connectivity index (χ2v) is 8.98. The van der Waals surface area contributed by atoms with Crippen molar-refractivity contribution in [3.05, 3.63) is 96.1 Å². The first kappa shape index (κ1) is 20.8. The maximum atomic E-state index is 13.6. The number of allylic oxidation sites excluding steroid dienone is 2. The highest BCUT2D eigenvalue weighted by molar-refractivity contribution is 6.14. The number of Topliss-reactive ketones (excluding diaryl/α,β-unsaturated/α-hetero) is 1. The molecule has 1 fully saturated rings. The lowest BCUT2D eigenvalue weighted by Crippen LogP contribution is -2.26. The zero-order chi connectivity index (χ0) is 22.8. The molecule has 1 aliphatic carbocycles. The average Bonchev–Trinajstić information content (AvgIpc) is 3.52. The predicted molar refractivity (Wildman–Crippen MR) is 127 cm³/mol. The van der Waals surface area contributed by atoms with E-state index in [0.29, 0.717) is 12.8 Å². The molecule has 0 spiro atoms. The van der Waals surface area contributed by atoms with Gasteiger partial charge >= 0.3 is 0 Å². The minimum Gasteiger partial charge on any atom is -0.289 e. The molecular formula is C26H24N6O. The molecule has 33 heavy (non-hydrogen) atoms. The molecular weight excluding hydrogens is 412 g/mol. The van der Waals surface area contributed by atoms with Crippen LogP contribution in [0.1, 0.15) is 37.8 Å². The topological polar surface area (TPSA) is 78.5 Å². The number of aromatic nitrogens is 6. The normalized spacial score (nSPS) is 18.2. The fourth-order valence-corrected chi connectivity index (χ4v) is 4.37. The molecule has 0 radical (unpaired) electrons. The van der Waals surface area contributed by atoms with Crippen molar-refractivity contribution in [3.8, 4) is 11.4 Å². The van der Waals surface area contributed by atoms with Crippen molar-refractivity contribution in [2.75, 3.05) is 0 Å². The maximum Gasteiger partial charge on any atom is 0.185 e. The van der Waals surface area contributed by atoms with Gasteiger partial charge in [0, 0.05) is 22.3 Å². The van der Waals surface area contributed by atoms with Gasteiger partial charge in [-0.25, -0.2) is 19.3 Å². The van der Waals surface area contributed by atoms with E-state index in [2.05, 4.69) is 34.0 Å². The summed E-state index contributed by atoms with van der Waals surface area (Å²) in [5.74, 6) is 0.0797. The Kier molecular flexibility index (Phi) is 5.30. The standard InChI is InChI=1S/C26H24N6O/c1-26(2)13-21(11-19-7-3-5-9-23(19)31-17-27-15-29-31)25(33)22(14-26)12-20-8-4-6-10-24(20)32-18-28-16-30-32/h3-12,15-18H,13-14H2,1-2H3/b21-11-,22-12+.